The average Bonchev–Trinajstić information content (AvgIpc) is 2.28. The average molecular weight is 229 g/mol. The van der Waals surface area contributed by atoms with Gasteiger partial charge in [-0.25, -0.2) is 4.57 Å². The molecule has 0 aliphatic carbocycles. The third-order valence-corrected chi connectivity index (χ3v) is 4.17. The molecule has 1 aromatic rings. The Kier molecular flexibility index (Phi) is 3.91. The summed E-state index contributed by atoms with van der Waals surface area (Å²) in [4.78, 5) is 0. The van der Waals surface area contributed by atoms with Crippen molar-refractivity contribution in [3.63, 3.8) is 0 Å². The van der Waals surface area contributed by atoms with Crippen LogP contribution < -0.4 is 4.67 Å². The molecule has 0 aromatic heterocycles. The summed E-state index contributed by atoms with van der Waals surface area (Å²) in [6, 6.07) is 7.63. The number of nitrogens with zero attached hydrogens (tertiary/aromatic N) is 1. The van der Waals surface area contributed by atoms with E-state index in [0.29, 0.717) is 0 Å². The predicted molar refractivity (Wildman–Crippen MR) is 61.2 cm³/mol. The van der Waals surface area contributed by atoms with Crippen LogP contribution in [-0.2, 0) is 13.6 Å². The van der Waals surface area contributed by atoms with Gasteiger partial charge in [0.25, 0.3) is 0 Å². The van der Waals surface area contributed by atoms with Gasteiger partial charge in [0.05, 0.1) is 0 Å². The number of hydrogen-bond acceptors (Lipinski definition) is 3. The summed E-state index contributed by atoms with van der Waals surface area (Å²) in [6.45, 7) is 1.95. The van der Waals surface area contributed by atoms with Crippen molar-refractivity contribution >= 4 is 13.4 Å². The van der Waals surface area contributed by atoms with E-state index in [-0.39, 0.29) is 0 Å². The van der Waals surface area contributed by atoms with Gasteiger partial charge in [0.1, 0.15) is 0 Å². The van der Waals surface area contributed by atoms with Crippen molar-refractivity contribution < 1.29 is 13.6 Å². The summed E-state index contributed by atoms with van der Waals surface area (Å²) < 4.78 is 23.4. The minimum Gasteiger partial charge on any atom is -0.296 e. The van der Waals surface area contributed by atoms with E-state index in [9.17, 15) is 4.57 Å². The van der Waals surface area contributed by atoms with Crippen LogP contribution in [0.5, 0.6) is 0 Å². The molecule has 0 atom stereocenters. The Labute approximate surface area is 90.4 Å². The van der Waals surface area contributed by atoms with Crippen LogP contribution in [0.2, 0.25) is 0 Å². The normalized spacial score (nSPS) is 11.5. The van der Waals surface area contributed by atoms with Gasteiger partial charge in [-0.15, -0.1) is 0 Å². The van der Waals surface area contributed by atoms with Crippen LogP contribution in [0.15, 0.2) is 24.3 Å². The van der Waals surface area contributed by atoms with Crippen molar-refractivity contribution in [2.24, 2.45) is 0 Å². The molecule has 0 N–H and O–H groups in total. The highest BCUT2D eigenvalue weighted by molar-refractivity contribution is 7.55. The van der Waals surface area contributed by atoms with Crippen molar-refractivity contribution in [3.8, 4) is 0 Å². The standard InChI is InChI=1S/C10H16NO3P/c1-9-7-5-6-8-10(9)11(2)15(12,13-3)14-4/h5-8H,1-4H3. The Hall–Kier alpha value is -0.830. The molecule has 0 aliphatic rings. The van der Waals surface area contributed by atoms with Gasteiger partial charge in [0, 0.05) is 27.0 Å². The highest BCUT2D eigenvalue weighted by Crippen LogP contribution is 2.51. The Morgan fingerprint density at radius 2 is 1.73 bits per heavy atom. The zero-order valence-electron chi connectivity index (χ0n) is 9.43. The summed E-state index contributed by atoms with van der Waals surface area (Å²) in [7, 11) is 1.25. The summed E-state index contributed by atoms with van der Waals surface area (Å²) in [5, 5.41) is 0. The van der Waals surface area contributed by atoms with Crippen LogP contribution in [0.1, 0.15) is 5.56 Å². The van der Waals surface area contributed by atoms with Crippen LogP contribution in [0.25, 0.3) is 0 Å². The lowest BCUT2D eigenvalue weighted by Gasteiger charge is -2.27. The van der Waals surface area contributed by atoms with Gasteiger partial charge in [-0.1, -0.05) is 18.2 Å². The fourth-order valence-corrected chi connectivity index (χ4v) is 2.51. The second kappa shape index (κ2) is 4.79. The maximum Gasteiger partial charge on any atom is 0.434 e. The molecule has 0 saturated heterocycles. The number of anilines is 1. The summed E-state index contributed by atoms with van der Waals surface area (Å²) >= 11 is 0. The molecule has 0 heterocycles. The lowest BCUT2D eigenvalue weighted by molar-refractivity contribution is 0.274. The molecule has 4 nitrogen and oxygen atoms in total. The topological polar surface area (TPSA) is 38.8 Å². The first-order valence-corrected chi connectivity index (χ1v) is 6.06. The number of para-hydroxylation sites is 1. The van der Waals surface area contributed by atoms with E-state index in [4.69, 9.17) is 9.05 Å². The van der Waals surface area contributed by atoms with Crippen molar-refractivity contribution in [1.29, 1.82) is 0 Å². The van der Waals surface area contributed by atoms with Gasteiger partial charge in [-0.2, -0.15) is 0 Å². The van der Waals surface area contributed by atoms with Crippen molar-refractivity contribution in [3.05, 3.63) is 29.8 Å². The molecule has 0 bridgehead atoms. The number of aryl methyl sites for hydroxylation is 1. The molecule has 1 aromatic carbocycles. The van der Waals surface area contributed by atoms with Gasteiger partial charge < -0.3 is 0 Å². The molecule has 0 aliphatic heterocycles. The quantitative estimate of drug-likeness (QED) is 0.744. The third kappa shape index (κ3) is 2.40. The van der Waals surface area contributed by atoms with Gasteiger partial charge >= 0.3 is 7.75 Å². The molecule has 0 spiro atoms. The minimum absolute atomic E-state index is 0.838. The van der Waals surface area contributed by atoms with Crippen LogP contribution in [0.3, 0.4) is 0 Å². The smallest absolute Gasteiger partial charge is 0.296 e. The minimum atomic E-state index is -3.19. The maximum atomic E-state index is 12.1. The number of rotatable bonds is 4. The van der Waals surface area contributed by atoms with E-state index in [0.717, 1.165) is 11.3 Å². The highest BCUT2D eigenvalue weighted by Gasteiger charge is 2.28. The molecule has 0 amide bonds. The first kappa shape index (κ1) is 12.2. The Morgan fingerprint density at radius 1 is 1.20 bits per heavy atom. The van der Waals surface area contributed by atoms with E-state index in [1.54, 1.807) is 7.05 Å². The van der Waals surface area contributed by atoms with E-state index >= 15 is 0 Å². The lowest BCUT2D eigenvalue weighted by atomic mass is 10.2. The molecule has 5 heteroatoms. The second-order valence-electron chi connectivity index (χ2n) is 3.14. The van der Waals surface area contributed by atoms with Crippen molar-refractivity contribution in [2.45, 2.75) is 6.92 Å². The van der Waals surface area contributed by atoms with E-state index < -0.39 is 7.75 Å². The summed E-state index contributed by atoms with van der Waals surface area (Å²) in [5.74, 6) is 0. The Morgan fingerprint density at radius 3 is 2.20 bits per heavy atom. The van der Waals surface area contributed by atoms with E-state index in [2.05, 4.69) is 0 Å². The summed E-state index contributed by atoms with van der Waals surface area (Å²) in [5.41, 5.74) is 1.86. The molecule has 0 radical (unpaired) electrons. The molecule has 15 heavy (non-hydrogen) atoms. The molecule has 84 valence electrons. The highest BCUT2D eigenvalue weighted by atomic mass is 31.2. The third-order valence-electron chi connectivity index (χ3n) is 2.29. The molecule has 1 rings (SSSR count). The molecule has 0 fully saturated rings. The first-order chi connectivity index (χ1) is 7.05. The zero-order chi connectivity index (χ0) is 11.5. The van der Waals surface area contributed by atoms with E-state index in [1.807, 2.05) is 31.2 Å². The van der Waals surface area contributed by atoms with Gasteiger partial charge in [-0.05, 0) is 18.6 Å². The number of benzene rings is 1. The molecule has 0 unspecified atom stereocenters. The van der Waals surface area contributed by atoms with Crippen molar-refractivity contribution in [1.82, 2.24) is 0 Å². The van der Waals surface area contributed by atoms with Crippen molar-refractivity contribution in [2.75, 3.05) is 25.9 Å². The number of hydrogen-bond donors (Lipinski definition) is 0. The van der Waals surface area contributed by atoms with Crippen LogP contribution in [-0.4, -0.2) is 21.3 Å². The van der Waals surface area contributed by atoms with Crippen LogP contribution in [0.4, 0.5) is 5.69 Å². The summed E-state index contributed by atoms with van der Waals surface area (Å²) in [6.07, 6.45) is 0. The fraction of sp³-hybridized carbons (Fsp3) is 0.400. The first-order valence-electron chi connectivity index (χ1n) is 4.56. The maximum absolute atomic E-state index is 12.1. The second-order valence-corrected chi connectivity index (χ2v) is 5.41. The lowest BCUT2D eigenvalue weighted by Crippen LogP contribution is -2.16. The van der Waals surface area contributed by atoms with Crippen LogP contribution in [0, 0.1) is 6.92 Å². The van der Waals surface area contributed by atoms with E-state index in [1.165, 1.54) is 18.9 Å². The molecule has 0 saturated carbocycles. The largest absolute Gasteiger partial charge is 0.434 e. The molecular formula is C10H16NO3P. The fourth-order valence-electron chi connectivity index (χ4n) is 1.38. The Balaban J connectivity index is 3.09. The van der Waals surface area contributed by atoms with Gasteiger partial charge in [-0.3, -0.25) is 13.7 Å². The molecular weight excluding hydrogens is 213 g/mol. The SMILES string of the molecule is COP(=O)(OC)N(C)c1ccccc1C. The Bertz CT molecular complexity index is 373. The monoisotopic (exact) mass is 229 g/mol. The van der Waals surface area contributed by atoms with Gasteiger partial charge in [0.2, 0.25) is 0 Å². The zero-order valence-corrected chi connectivity index (χ0v) is 10.3. The predicted octanol–water partition coefficient (Wildman–Crippen LogP) is 2.83. The van der Waals surface area contributed by atoms with Crippen LogP contribution >= 0.6 is 7.75 Å². The van der Waals surface area contributed by atoms with Gasteiger partial charge in [0.15, 0.2) is 0 Å².